The summed E-state index contributed by atoms with van der Waals surface area (Å²) in [4.78, 5) is 26.3. The highest BCUT2D eigenvalue weighted by Gasteiger charge is 2.30. The van der Waals surface area contributed by atoms with E-state index in [2.05, 4.69) is 5.32 Å². The molecule has 1 aliphatic rings. The minimum atomic E-state index is -3.76. The summed E-state index contributed by atoms with van der Waals surface area (Å²) < 4.78 is 45.7. The zero-order valence-corrected chi connectivity index (χ0v) is 18.3. The van der Waals surface area contributed by atoms with Crippen molar-refractivity contribution in [2.24, 2.45) is 0 Å². The van der Waals surface area contributed by atoms with Crippen LogP contribution in [0.4, 0.5) is 15.8 Å². The second-order valence-electron chi connectivity index (χ2n) is 6.99. The summed E-state index contributed by atoms with van der Waals surface area (Å²) in [5, 5.41) is 2.65. The average molecular weight is 450 g/mol. The van der Waals surface area contributed by atoms with E-state index in [-0.39, 0.29) is 23.7 Å². The first-order valence-electron chi connectivity index (χ1n) is 9.80. The maximum atomic E-state index is 13.3. The summed E-state index contributed by atoms with van der Waals surface area (Å²) >= 11 is 0. The van der Waals surface area contributed by atoms with E-state index in [1.165, 1.54) is 45.6 Å². The van der Waals surface area contributed by atoms with Crippen molar-refractivity contribution in [3.8, 4) is 5.75 Å². The summed E-state index contributed by atoms with van der Waals surface area (Å²) in [7, 11) is -3.76. The van der Waals surface area contributed by atoms with Gasteiger partial charge < -0.3 is 10.1 Å². The first kappa shape index (κ1) is 22.7. The molecule has 1 N–H and O–H groups in total. The number of ether oxygens (including phenoxy) is 1. The largest absolute Gasteiger partial charge is 0.482 e. The van der Waals surface area contributed by atoms with Gasteiger partial charge in [-0.15, -0.1) is 0 Å². The summed E-state index contributed by atoms with van der Waals surface area (Å²) in [6.45, 7) is 5.11. The number of carbonyl (C=O) groups excluding carboxylic acids is 2. The van der Waals surface area contributed by atoms with Crippen LogP contribution in [-0.2, 0) is 19.6 Å². The van der Waals surface area contributed by atoms with Gasteiger partial charge >= 0.3 is 0 Å². The van der Waals surface area contributed by atoms with Crippen molar-refractivity contribution in [1.29, 1.82) is 0 Å². The third-order valence-electron chi connectivity index (χ3n) is 4.98. The Labute approximate surface area is 180 Å². The van der Waals surface area contributed by atoms with Gasteiger partial charge in [-0.2, -0.15) is 4.31 Å². The van der Waals surface area contributed by atoms with Crippen LogP contribution < -0.4 is 15.0 Å². The molecule has 8 nitrogen and oxygen atoms in total. The second-order valence-corrected chi connectivity index (χ2v) is 8.93. The zero-order chi connectivity index (χ0) is 22.8. The molecule has 1 aliphatic heterocycles. The molecule has 0 radical (unpaired) electrons. The molecule has 31 heavy (non-hydrogen) atoms. The van der Waals surface area contributed by atoms with Gasteiger partial charge in [0.1, 0.15) is 18.1 Å². The Balaban J connectivity index is 1.89. The summed E-state index contributed by atoms with van der Waals surface area (Å²) in [6, 6.07) is 8.19. The minimum Gasteiger partial charge on any atom is -0.482 e. The van der Waals surface area contributed by atoms with E-state index in [9.17, 15) is 22.4 Å². The Bertz CT molecular complexity index is 1120. The summed E-state index contributed by atoms with van der Waals surface area (Å²) in [6.07, 6.45) is 0. The highest BCUT2D eigenvalue weighted by atomic mass is 32.2. The van der Waals surface area contributed by atoms with E-state index in [0.717, 1.165) is 0 Å². The van der Waals surface area contributed by atoms with Gasteiger partial charge in [-0.05, 0) is 48.9 Å². The Hall–Kier alpha value is -2.98. The highest BCUT2D eigenvalue weighted by Crippen LogP contribution is 2.35. The smallest absolute Gasteiger partial charge is 0.265 e. The van der Waals surface area contributed by atoms with Crippen LogP contribution in [-0.4, -0.2) is 50.8 Å². The van der Waals surface area contributed by atoms with E-state index in [4.69, 9.17) is 4.74 Å². The van der Waals surface area contributed by atoms with Gasteiger partial charge in [0.05, 0.1) is 10.6 Å². The van der Waals surface area contributed by atoms with Gasteiger partial charge in [-0.1, -0.05) is 13.8 Å². The molecule has 0 aromatic heterocycles. The molecular formula is C21H24FN3O5S. The van der Waals surface area contributed by atoms with Crippen molar-refractivity contribution < 1.29 is 27.1 Å². The van der Waals surface area contributed by atoms with Crippen molar-refractivity contribution >= 4 is 33.2 Å². The standard InChI is InChI=1S/C21H24FN3O5S/c1-4-24(5-2)31(28,29)16-7-9-19-18(11-16)25(21(27)13-30-19)12-20(26)23-17-8-6-15(22)10-14(17)3/h6-11H,4-5,12-13H2,1-3H3,(H,23,26). The van der Waals surface area contributed by atoms with Gasteiger partial charge in [0.15, 0.2) is 6.61 Å². The number of fused-ring (bicyclic) bond motifs is 1. The van der Waals surface area contributed by atoms with Gasteiger partial charge in [-0.3, -0.25) is 14.5 Å². The van der Waals surface area contributed by atoms with Crippen molar-refractivity contribution in [3.63, 3.8) is 0 Å². The van der Waals surface area contributed by atoms with Crippen LogP contribution in [0.5, 0.6) is 5.75 Å². The van der Waals surface area contributed by atoms with E-state index in [0.29, 0.717) is 30.1 Å². The highest BCUT2D eigenvalue weighted by molar-refractivity contribution is 7.89. The van der Waals surface area contributed by atoms with Crippen molar-refractivity contribution in [1.82, 2.24) is 4.31 Å². The SMILES string of the molecule is CCN(CC)S(=O)(=O)c1ccc2c(c1)N(CC(=O)Nc1ccc(F)cc1C)C(=O)CO2. The molecule has 0 spiro atoms. The van der Waals surface area contributed by atoms with Crippen LogP contribution in [0.1, 0.15) is 19.4 Å². The Morgan fingerprint density at radius 3 is 2.55 bits per heavy atom. The van der Waals surface area contributed by atoms with Gasteiger partial charge in [0.2, 0.25) is 15.9 Å². The van der Waals surface area contributed by atoms with Gasteiger partial charge in [0.25, 0.3) is 5.91 Å². The fourth-order valence-corrected chi connectivity index (χ4v) is 4.81. The first-order chi connectivity index (χ1) is 14.7. The summed E-state index contributed by atoms with van der Waals surface area (Å²) in [5.41, 5.74) is 1.16. The maximum Gasteiger partial charge on any atom is 0.265 e. The van der Waals surface area contributed by atoms with Crippen molar-refractivity contribution in [2.45, 2.75) is 25.7 Å². The van der Waals surface area contributed by atoms with E-state index in [1.807, 2.05) is 0 Å². The molecule has 0 fully saturated rings. The van der Waals surface area contributed by atoms with E-state index >= 15 is 0 Å². The lowest BCUT2D eigenvalue weighted by atomic mass is 10.2. The number of hydrogen-bond acceptors (Lipinski definition) is 5. The lowest BCUT2D eigenvalue weighted by molar-refractivity contribution is -0.123. The summed E-state index contributed by atoms with van der Waals surface area (Å²) in [5.74, 6) is -1.10. The lowest BCUT2D eigenvalue weighted by Crippen LogP contribution is -2.43. The molecule has 2 amide bonds. The molecule has 0 unspecified atom stereocenters. The van der Waals surface area contributed by atoms with Gasteiger partial charge in [-0.25, -0.2) is 12.8 Å². The number of hydrogen-bond donors (Lipinski definition) is 1. The number of rotatable bonds is 7. The number of nitrogens with one attached hydrogen (secondary N) is 1. The predicted octanol–water partition coefficient (Wildman–Crippen LogP) is 2.53. The zero-order valence-electron chi connectivity index (χ0n) is 17.5. The topological polar surface area (TPSA) is 96.0 Å². The predicted molar refractivity (Wildman–Crippen MR) is 114 cm³/mol. The Morgan fingerprint density at radius 2 is 1.90 bits per heavy atom. The molecule has 2 aromatic rings. The number of aryl methyl sites for hydroxylation is 1. The Morgan fingerprint density at radius 1 is 1.19 bits per heavy atom. The fourth-order valence-electron chi connectivity index (χ4n) is 3.33. The molecule has 1 heterocycles. The minimum absolute atomic E-state index is 0.00744. The van der Waals surface area contributed by atoms with Crippen LogP contribution in [0.3, 0.4) is 0 Å². The molecule has 10 heteroatoms. The van der Waals surface area contributed by atoms with Crippen molar-refractivity contribution in [2.75, 3.05) is 36.5 Å². The molecule has 0 saturated carbocycles. The third kappa shape index (κ3) is 4.70. The molecule has 2 aromatic carbocycles. The first-order valence-corrected chi connectivity index (χ1v) is 11.2. The molecule has 0 saturated heterocycles. The second kappa shape index (κ2) is 9.03. The van der Waals surface area contributed by atoms with Crippen LogP contribution >= 0.6 is 0 Å². The molecule has 0 aliphatic carbocycles. The monoisotopic (exact) mass is 449 g/mol. The number of anilines is 2. The molecule has 166 valence electrons. The van der Waals surface area contributed by atoms with Crippen LogP contribution in [0.2, 0.25) is 0 Å². The molecular weight excluding hydrogens is 425 g/mol. The molecule has 3 rings (SSSR count). The van der Waals surface area contributed by atoms with E-state index < -0.39 is 27.7 Å². The normalized spacial score (nSPS) is 13.7. The quantitative estimate of drug-likeness (QED) is 0.701. The number of benzene rings is 2. The molecule has 0 bridgehead atoms. The fraction of sp³-hybridized carbons (Fsp3) is 0.333. The van der Waals surface area contributed by atoms with Crippen molar-refractivity contribution in [3.05, 3.63) is 47.8 Å². The van der Waals surface area contributed by atoms with Gasteiger partial charge in [0, 0.05) is 18.8 Å². The number of amides is 2. The molecule has 0 atom stereocenters. The van der Waals surface area contributed by atoms with Crippen LogP contribution in [0, 0.1) is 12.7 Å². The van der Waals surface area contributed by atoms with Crippen LogP contribution in [0.15, 0.2) is 41.3 Å². The number of halogens is 1. The lowest BCUT2D eigenvalue weighted by Gasteiger charge is -2.29. The average Bonchev–Trinajstić information content (AvgIpc) is 2.72. The van der Waals surface area contributed by atoms with Crippen LogP contribution in [0.25, 0.3) is 0 Å². The third-order valence-corrected chi connectivity index (χ3v) is 7.03. The number of nitrogens with zero attached hydrogens (tertiary/aromatic N) is 2. The Kier molecular flexibility index (Phi) is 6.61. The number of carbonyl (C=O) groups is 2. The number of sulfonamides is 1. The maximum absolute atomic E-state index is 13.3. The van der Waals surface area contributed by atoms with E-state index in [1.54, 1.807) is 20.8 Å².